The van der Waals surface area contributed by atoms with E-state index >= 15 is 0 Å². The molecule has 1 N–H and O–H groups in total. The smallest absolute Gasteiger partial charge is 0.176 e. The number of hydrogen-bond acceptors (Lipinski definition) is 7. The van der Waals surface area contributed by atoms with E-state index in [9.17, 15) is 0 Å². The lowest BCUT2D eigenvalue weighted by molar-refractivity contribution is 0.00406. The molecule has 1 atom stereocenters. The van der Waals surface area contributed by atoms with Crippen LogP contribution in [0.5, 0.6) is 0 Å². The molecule has 0 saturated heterocycles. The van der Waals surface area contributed by atoms with Crippen LogP contribution in [-0.2, 0) is 32.2 Å². The second kappa shape index (κ2) is 16.2. The molecule has 2 rings (SSSR count). The summed E-state index contributed by atoms with van der Waals surface area (Å²) in [7, 11) is 0. The van der Waals surface area contributed by atoms with Gasteiger partial charge in [-0.1, -0.05) is 45.4 Å². The summed E-state index contributed by atoms with van der Waals surface area (Å²) in [6, 6.07) is 0. The lowest BCUT2D eigenvalue weighted by atomic mass is 10.1. The van der Waals surface area contributed by atoms with Crippen LogP contribution >= 0.6 is 11.8 Å². The molecule has 0 aromatic carbocycles. The van der Waals surface area contributed by atoms with Gasteiger partial charge in [0.2, 0.25) is 0 Å². The Morgan fingerprint density at radius 3 is 2.64 bits per heavy atom. The molecule has 1 aliphatic rings. The molecule has 28 heavy (non-hydrogen) atoms. The minimum absolute atomic E-state index is 0.291. The summed E-state index contributed by atoms with van der Waals surface area (Å²) < 4.78 is 22.9. The highest BCUT2D eigenvalue weighted by Crippen LogP contribution is 2.15. The molecular weight excluding hydrogens is 378 g/mol. The Morgan fingerprint density at radius 1 is 0.929 bits per heavy atom. The van der Waals surface area contributed by atoms with E-state index in [2.05, 4.69) is 22.1 Å². The molecule has 1 aromatic rings. The minimum atomic E-state index is 0.291. The number of rotatable bonds is 7. The van der Waals surface area contributed by atoms with Gasteiger partial charge in [0.15, 0.2) is 11.6 Å². The van der Waals surface area contributed by atoms with E-state index in [0.29, 0.717) is 51.6 Å². The Balaban J connectivity index is 1.70. The average molecular weight is 416 g/mol. The van der Waals surface area contributed by atoms with Crippen molar-refractivity contribution in [2.75, 3.05) is 44.5 Å². The number of H-pyrrole nitrogens is 1. The van der Waals surface area contributed by atoms with E-state index in [1.807, 2.05) is 11.8 Å². The number of nitrogens with one attached hydrogen (secondary N) is 1. The SMILES string of the molecule is CCCCCCCCC1CSCCOCCOCc2n[nH]c(n2)COCCO1. The topological polar surface area (TPSA) is 78.5 Å². The fourth-order valence-electron chi connectivity index (χ4n) is 2.99. The second-order valence-corrected chi connectivity index (χ2v) is 8.19. The molecule has 1 unspecified atom stereocenters. The Hall–Kier alpha value is -0.670. The Morgan fingerprint density at radius 2 is 1.71 bits per heavy atom. The van der Waals surface area contributed by atoms with E-state index in [1.54, 1.807) is 0 Å². The first-order valence-electron chi connectivity index (χ1n) is 10.7. The minimum Gasteiger partial charge on any atom is -0.378 e. The largest absolute Gasteiger partial charge is 0.378 e. The molecule has 0 radical (unpaired) electrons. The van der Waals surface area contributed by atoms with Gasteiger partial charge in [-0.2, -0.15) is 16.9 Å². The highest BCUT2D eigenvalue weighted by molar-refractivity contribution is 7.99. The number of hydrogen-bond donors (Lipinski definition) is 1. The molecule has 8 heteroatoms. The number of nitrogens with zero attached hydrogens (tertiary/aromatic N) is 2. The summed E-state index contributed by atoms with van der Waals surface area (Å²) >= 11 is 1.91. The Labute approximate surface area is 173 Å². The Kier molecular flexibility index (Phi) is 13.6. The third-order valence-electron chi connectivity index (χ3n) is 4.56. The van der Waals surface area contributed by atoms with Crippen LogP contribution in [0.3, 0.4) is 0 Å². The fraction of sp³-hybridized carbons (Fsp3) is 0.900. The second-order valence-electron chi connectivity index (χ2n) is 7.04. The molecule has 0 saturated carbocycles. The van der Waals surface area contributed by atoms with Crippen LogP contribution < -0.4 is 0 Å². The molecule has 2 heterocycles. The highest BCUT2D eigenvalue weighted by Gasteiger charge is 2.10. The molecule has 1 aliphatic heterocycles. The quantitative estimate of drug-likeness (QED) is 0.680. The van der Waals surface area contributed by atoms with Crippen molar-refractivity contribution >= 4 is 11.8 Å². The van der Waals surface area contributed by atoms with Gasteiger partial charge in [0.1, 0.15) is 13.2 Å². The predicted octanol–water partition coefficient (Wildman–Crippen LogP) is 3.74. The zero-order chi connectivity index (χ0) is 19.7. The monoisotopic (exact) mass is 415 g/mol. The predicted molar refractivity (Wildman–Crippen MR) is 112 cm³/mol. The summed E-state index contributed by atoms with van der Waals surface area (Å²) in [6.07, 6.45) is 9.30. The summed E-state index contributed by atoms with van der Waals surface area (Å²) in [5, 5.41) is 7.02. The van der Waals surface area contributed by atoms with Crippen molar-refractivity contribution in [1.29, 1.82) is 0 Å². The van der Waals surface area contributed by atoms with Crippen molar-refractivity contribution in [3.63, 3.8) is 0 Å². The van der Waals surface area contributed by atoms with Gasteiger partial charge in [-0.05, 0) is 6.42 Å². The normalized spacial score (nSPS) is 21.1. The first-order valence-corrected chi connectivity index (χ1v) is 11.9. The van der Waals surface area contributed by atoms with Gasteiger partial charge < -0.3 is 18.9 Å². The van der Waals surface area contributed by atoms with Crippen molar-refractivity contribution in [2.45, 2.75) is 71.2 Å². The Bertz CT molecular complexity index is 490. The van der Waals surface area contributed by atoms with Gasteiger partial charge in [-0.25, -0.2) is 4.98 Å². The average Bonchev–Trinajstić information content (AvgIpc) is 3.15. The van der Waals surface area contributed by atoms with Crippen LogP contribution in [0.4, 0.5) is 0 Å². The van der Waals surface area contributed by atoms with Gasteiger partial charge in [0.05, 0.1) is 39.1 Å². The molecular formula is C20H37N3O4S. The lowest BCUT2D eigenvalue weighted by Crippen LogP contribution is -2.20. The molecule has 0 aliphatic carbocycles. The van der Waals surface area contributed by atoms with E-state index in [4.69, 9.17) is 18.9 Å². The van der Waals surface area contributed by atoms with Crippen molar-refractivity contribution < 1.29 is 18.9 Å². The third-order valence-corrected chi connectivity index (χ3v) is 5.62. The van der Waals surface area contributed by atoms with Crippen molar-refractivity contribution in [3.8, 4) is 0 Å². The maximum absolute atomic E-state index is 6.10. The number of aromatic nitrogens is 3. The van der Waals surface area contributed by atoms with Crippen LogP contribution in [0, 0.1) is 0 Å². The van der Waals surface area contributed by atoms with E-state index in [0.717, 1.165) is 30.4 Å². The number of fused-ring (bicyclic) bond motifs is 2. The van der Waals surface area contributed by atoms with Gasteiger partial charge in [0.25, 0.3) is 0 Å². The molecule has 0 fully saturated rings. The van der Waals surface area contributed by atoms with Gasteiger partial charge in [-0.3, -0.25) is 5.10 Å². The number of aromatic amines is 1. The standard InChI is InChI=1S/C20H37N3O4S/c1-2-3-4-5-6-7-8-18-17-28-14-13-24-9-10-25-15-19-21-20(23-22-19)16-26-11-12-27-18/h18H,2-17H2,1H3,(H,21,22,23). The first-order chi connectivity index (χ1) is 13.9. The van der Waals surface area contributed by atoms with Crippen molar-refractivity contribution in [2.24, 2.45) is 0 Å². The maximum Gasteiger partial charge on any atom is 0.176 e. The van der Waals surface area contributed by atoms with Gasteiger partial charge in [-0.15, -0.1) is 0 Å². The molecule has 162 valence electrons. The summed E-state index contributed by atoms with van der Waals surface area (Å²) in [5.41, 5.74) is 0. The molecule has 0 amide bonds. The first kappa shape index (κ1) is 23.6. The summed E-state index contributed by atoms with van der Waals surface area (Å²) in [5.74, 6) is 3.36. The lowest BCUT2D eigenvalue weighted by Gasteiger charge is -2.18. The number of unbranched alkanes of at least 4 members (excludes halogenated alkanes) is 5. The van der Waals surface area contributed by atoms with Crippen LogP contribution in [0.1, 0.15) is 63.5 Å². The highest BCUT2D eigenvalue weighted by atomic mass is 32.2. The number of thioether (sulfide) groups is 1. The molecule has 2 bridgehead atoms. The van der Waals surface area contributed by atoms with Gasteiger partial charge in [0, 0.05) is 11.5 Å². The summed E-state index contributed by atoms with van der Waals surface area (Å²) in [4.78, 5) is 4.36. The zero-order valence-electron chi connectivity index (χ0n) is 17.3. The number of ether oxygens (including phenoxy) is 4. The van der Waals surface area contributed by atoms with E-state index in [1.165, 1.54) is 38.5 Å². The molecule has 1 aromatic heterocycles. The van der Waals surface area contributed by atoms with E-state index < -0.39 is 0 Å². The molecule has 0 spiro atoms. The molecule has 7 nitrogen and oxygen atoms in total. The zero-order valence-corrected chi connectivity index (χ0v) is 18.1. The van der Waals surface area contributed by atoms with Crippen LogP contribution in [0.15, 0.2) is 0 Å². The van der Waals surface area contributed by atoms with Crippen LogP contribution in [0.2, 0.25) is 0 Å². The van der Waals surface area contributed by atoms with E-state index in [-0.39, 0.29) is 0 Å². The van der Waals surface area contributed by atoms with Gasteiger partial charge >= 0.3 is 0 Å². The van der Waals surface area contributed by atoms with Crippen LogP contribution in [0.25, 0.3) is 0 Å². The van der Waals surface area contributed by atoms with Crippen LogP contribution in [-0.4, -0.2) is 65.8 Å². The third kappa shape index (κ3) is 11.4. The van der Waals surface area contributed by atoms with Crippen molar-refractivity contribution in [3.05, 3.63) is 11.6 Å². The van der Waals surface area contributed by atoms with Crippen molar-refractivity contribution in [1.82, 2.24) is 15.2 Å². The maximum atomic E-state index is 6.10. The fourth-order valence-corrected chi connectivity index (χ4v) is 3.92. The summed E-state index contributed by atoms with van der Waals surface area (Å²) in [6.45, 7) is 6.12.